The molecule has 106 valence electrons. The lowest BCUT2D eigenvalue weighted by atomic mass is 10.3. The van der Waals surface area contributed by atoms with Crippen molar-refractivity contribution in [3.63, 3.8) is 0 Å². The van der Waals surface area contributed by atoms with Crippen molar-refractivity contribution in [3.05, 3.63) is 52.3 Å². The van der Waals surface area contributed by atoms with Crippen LogP contribution in [0.25, 0.3) is 0 Å². The van der Waals surface area contributed by atoms with Crippen LogP contribution < -0.4 is 4.72 Å². The lowest BCUT2D eigenvalue weighted by Gasteiger charge is -2.08. The topological polar surface area (TPSA) is 72.0 Å². The first-order chi connectivity index (χ1) is 9.38. The van der Waals surface area contributed by atoms with E-state index in [1.807, 2.05) is 0 Å². The highest BCUT2D eigenvalue weighted by Crippen LogP contribution is 2.22. The third-order valence-corrected chi connectivity index (χ3v) is 4.84. The Hall–Kier alpha value is -1.38. The van der Waals surface area contributed by atoms with Crippen molar-refractivity contribution >= 4 is 26.0 Å². The Morgan fingerprint density at radius 3 is 2.65 bits per heavy atom. The molecule has 0 spiro atoms. The summed E-state index contributed by atoms with van der Waals surface area (Å²) in [7, 11) is -3.75. The molecule has 0 saturated heterocycles. The van der Waals surface area contributed by atoms with E-state index < -0.39 is 15.8 Å². The van der Waals surface area contributed by atoms with Gasteiger partial charge in [0.2, 0.25) is 10.0 Å². The number of aromatic nitrogens is 2. The molecule has 20 heavy (non-hydrogen) atoms. The Balaban J connectivity index is 2.17. The highest BCUT2D eigenvalue weighted by molar-refractivity contribution is 9.10. The summed E-state index contributed by atoms with van der Waals surface area (Å²) in [5.41, 5.74) is 1.25. The smallest absolute Gasteiger partial charge is 0.242 e. The number of hydrogen-bond donors (Lipinski definition) is 1. The molecule has 0 aliphatic heterocycles. The fourth-order valence-corrected chi connectivity index (χ4v) is 3.50. The number of nitrogens with zero attached hydrogens (tertiary/aromatic N) is 2. The van der Waals surface area contributed by atoms with Crippen molar-refractivity contribution in [1.82, 2.24) is 14.7 Å². The minimum atomic E-state index is -3.75. The van der Waals surface area contributed by atoms with E-state index >= 15 is 0 Å². The molecule has 0 fully saturated rings. The number of nitrogens with one attached hydrogen (secondary N) is 1. The van der Waals surface area contributed by atoms with Crippen molar-refractivity contribution in [2.45, 2.75) is 18.4 Å². The van der Waals surface area contributed by atoms with Crippen LogP contribution in [-0.2, 0) is 16.6 Å². The van der Waals surface area contributed by atoms with Crippen LogP contribution in [0.3, 0.4) is 0 Å². The lowest BCUT2D eigenvalue weighted by molar-refractivity contribution is 0.578. The van der Waals surface area contributed by atoms with Gasteiger partial charge in [-0.25, -0.2) is 17.5 Å². The van der Waals surface area contributed by atoms with Gasteiger partial charge in [-0.2, -0.15) is 0 Å². The Labute approximate surface area is 124 Å². The standard InChI is InChI=1S/C12H11BrFN3O2S/c1-8-5-16-10(6-15-8)7-17-20(18,19)12-3-2-9(14)4-11(12)13/h2-6,17H,7H2,1H3. The van der Waals surface area contributed by atoms with E-state index in [1.165, 1.54) is 12.3 Å². The van der Waals surface area contributed by atoms with Crippen LogP contribution in [0.4, 0.5) is 4.39 Å². The first-order valence-electron chi connectivity index (χ1n) is 5.61. The minimum absolute atomic E-state index is 0.0133. The molecule has 0 aliphatic carbocycles. The minimum Gasteiger partial charge on any atom is -0.258 e. The number of halogens is 2. The molecule has 0 radical (unpaired) electrons. The molecular formula is C12H11BrFN3O2S. The molecule has 0 bridgehead atoms. The highest BCUT2D eigenvalue weighted by atomic mass is 79.9. The first kappa shape index (κ1) is 15.0. The Morgan fingerprint density at radius 1 is 1.30 bits per heavy atom. The van der Waals surface area contributed by atoms with E-state index in [4.69, 9.17) is 0 Å². The zero-order valence-electron chi connectivity index (χ0n) is 10.5. The SMILES string of the molecule is Cc1cnc(CNS(=O)(=O)c2ccc(F)cc2Br)cn1. The van der Waals surface area contributed by atoms with Gasteiger partial charge < -0.3 is 0 Å². The van der Waals surface area contributed by atoms with Crippen LogP contribution in [0.2, 0.25) is 0 Å². The second-order valence-corrected chi connectivity index (χ2v) is 6.64. The average molecular weight is 360 g/mol. The molecule has 0 amide bonds. The van der Waals surface area contributed by atoms with E-state index in [1.54, 1.807) is 13.1 Å². The van der Waals surface area contributed by atoms with Crippen LogP contribution in [0.5, 0.6) is 0 Å². The quantitative estimate of drug-likeness (QED) is 0.907. The Morgan fingerprint density at radius 2 is 2.05 bits per heavy atom. The normalized spacial score (nSPS) is 11.6. The summed E-state index contributed by atoms with van der Waals surface area (Å²) in [6.45, 7) is 1.80. The van der Waals surface area contributed by atoms with E-state index in [9.17, 15) is 12.8 Å². The van der Waals surface area contributed by atoms with Gasteiger partial charge in [0.25, 0.3) is 0 Å². The predicted octanol–water partition coefficient (Wildman–Crippen LogP) is 2.17. The second kappa shape index (κ2) is 5.94. The maximum atomic E-state index is 13.0. The molecule has 5 nitrogen and oxygen atoms in total. The Bertz CT molecular complexity index is 720. The number of rotatable bonds is 4. The van der Waals surface area contributed by atoms with Gasteiger partial charge in [-0.1, -0.05) is 0 Å². The number of hydrogen-bond acceptors (Lipinski definition) is 4. The van der Waals surface area contributed by atoms with Gasteiger partial charge in [0.15, 0.2) is 0 Å². The molecule has 0 atom stereocenters. The van der Waals surface area contributed by atoms with Gasteiger partial charge in [-0.15, -0.1) is 0 Å². The third kappa shape index (κ3) is 3.59. The van der Waals surface area contributed by atoms with Gasteiger partial charge in [0.05, 0.1) is 29.0 Å². The molecule has 0 saturated carbocycles. The number of benzene rings is 1. The molecule has 1 N–H and O–H groups in total. The summed E-state index contributed by atoms with van der Waals surface area (Å²) in [5, 5.41) is 0. The van der Waals surface area contributed by atoms with Gasteiger partial charge in [-0.05, 0) is 41.1 Å². The monoisotopic (exact) mass is 359 g/mol. The summed E-state index contributed by atoms with van der Waals surface area (Å²) in [5.74, 6) is -0.514. The summed E-state index contributed by atoms with van der Waals surface area (Å²) >= 11 is 3.03. The van der Waals surface area contributed by atoms with Crippen molar-refractivity contribution < 1.29 is 12.8 Å². The van der Waals surface area contributed by atoms with Crippen LogP contribution in [-0.4, -0.2) is 18.4 Å². The van der Waals surface area contributed by atoms with Crippen molar-refractivity contribution in [3.8, 4) is 0 Å². The zero-order valence-corrected chi connectivity index (χ0v) is 12.9. The maximum Gasteiger partial charge on any atom is 0.242 e. The first-order valence-corrected chi connectivity index (χ1v) is 7.88. The lowest BCUT2D eigenvalue weighted by Crippen LogP contribution is -2.24. The van der Waals surface area contributed by atoms with E-state index in [-0.39, 0.29) is 15.9 Å². The van der Waals surface area contributed by atoms with Crippen molar-refractivity contribution in [1.29, 1.82) is 0 Å². The van der Waals surface area contributed by atoms with E-state index in [0.717, 1.165) is 17.8 Å². The number of sulfonamides is 1. The highest BCUT2D eigenvalue weighted by Gasteiger charge is 2.17. The maximum absolute atomic E-state index is 13.0. The summed E-state index contributed by atoms with van der Waals surface area (Å²) in [6.07, 6.45) is 3.05. The van der Waals surface area contributed by atoms with E-state index in [0.29, 0.717) is 5.69 Å². The number of aryl methyl sites for hydroxylation is 1. The fraction of sp³-hybridized carbons (Fsp3) is 0.167. The van der Waals surface area contributed by atoms with Gasteiger partial charge in [-0.3, -0.25) is 9.97 Å². The molecule has 2 aromatic rings. The molecule has 1 aromatic carbocycles. The Kier molecular flexibility index (Phi) is 4.46. The van der Waals surface area contributed by atoms with Crippen LogP contribution in [0.1, 0.15) is 11.4 Å². The molecule has 1 aromatic heterocycles. The average Bonchev–Trinajstić information content (AvgIpc) is 2.37. The van der Waals surface area contributed by atoms with Crippen LogP contribution in [0.15, 0.2) is 40.0 Å². The van der Waals surface area contributed by atoms with Crippen molar-refractivity contribution in [2.24, 2.45) is 0 Å². The molecule has 0 aliphatic rings. The summed E-state index contributed by atoms with van der Waals surface area (Å²) in [4.78, 5) is 8.05. The summed E-state index contributed by atoms with van der Waals surface area (Å²) < 4.78 is 39.7. The summed E-state index contributed by atoms with van der Waals surface area (Å²) in [6, 6.07) is 3.38. The van der Waals surface area contributed by atoms with Crippen molar-refractivity contribution in [2.75, 3.05) is 0 Å². The largest absolute Gasteiger partial charge is 0.258 e. The third-order valence-electron chi connectivity index (χ3n) is 2.46. The molecule has 8 heteroatoms. The zero-order chi connectivity index (χ0) is 14.8. The molecule has 0 unspecified atom stereocenters. The second-order valence-electron chi connectivity index (χ2n) is 4.05. The fourth-order valence-electron chi connectivity index (χ4n) is 1.45. The van der Waals surface area contributed by atoms with E-state index in [2.05, 4.69) is 30.6 Å². The van der Waals surface area contributed by atoms with Crippen LogP contribution >= 0.6 is 15.9 Å². The van der Waals surface area contributed by atoms with Gasteiger partial charge >= 0.3 is 0 Å². The van der Waals surface area contributed by atoms with Gasteiger partial charge in [0.1, 0.15) is 5.82 Å². The molecular weight excluding hydrogens is 349 g/mol. The van der Waals surface area contributed by atoms with Gasteiger partial charge in [0, 0.05) is 10.7 Å². The molecule has 2 rings (SSSR count). The van der Waals surface area contributed by atoms with Crippen LogP contribution in [0, 0.1) is 12.7 Å². The predicted molar refractivity (Wildman–Crippen MR) is 74.9 cm³/mol. The molecule has 1 heterocycles.